The second kappa shape index (κ2) is 4.58. The van der Waals surface area contributed by atoms with Gasteiger partial charge in [-0.05, 0) is 31.7 Å². The Balaban J connectivity index is 1.68. The molecule has 4 heteroatoms. The van der Waals surface area contributed by atoms with Crippen LogP contribution in [0.4, 0.5) is 0 Å². The number of nitrogens with zero attached hydrogens (tertiary/aromatic N) is 3. The van der Waals surface area contributed by atoms with E-state index in [1.165, 1.54) is 32.4 Å². The van der Waals surface area contributed by atoms with E-state index in [1.54, 1.807) is 0 Å². The van der Waals surface area contributed by atoms with Crippen molar-refractivity contribution in [3.8, 4) is 0 Å². The molecular weight excluding hydrogens is 214 g/mol. The van der Waals surface area contributed by atoms with Crippen LogP contribution in [0.15, 0.2) is 5.16 Å². The van der Waals surface area contributed by atoms with Crippen LogP contribution in [0.2, 0.25) is 0 Å². The van der Waals surface area contributed by atoms with Crippen LogP contribution < -0.4 is 0 Å². The molecule has 0 unspecified atom stereocenters. The molecule has 1 N–H and O–H groups in total. The van der Waals surface area contributed by atoms with Gasteiger partial charge in [-0.1, -0.05) is 12.1 Å². The standard InChI is InChI=1S/C13H23N3O/c1-2-15-5-7-16(8-6-15)13-11-4-3-10(9-11)12(13)14-17/h10-11,13,17H,2-9H2,1H3/b14-12-/t10-,11-,13+/m0/s1. The third-order valence-electron chi connectivity index (χ3n) is 5.00. The first-order chi connectivity index (χ1) is 8.33. The van der Waals surface area contributed by atoms with Crippen molar-refractivity contribution in [3.63, 3.8) is 0 Å². The Bertz CT molecular complexity index is 310. The van der Waals surface area contributed by atoms with Crippen molar-refractivity contribution in [2.24, 2.45) is 17.0 Å². The van der Waals surface area contributed by atoms with Crippen LogP contribution in [-0.4, -0.2) is 59.5 Å². The summed E-state index contributed by atoms with van der Waals surface area (Å²) in [7, 11) is 0. The Kier molecular flexibility index (Phi) is 3.09. The smallest absolute Gasteiger partial charge is 0.0775 e. The summed E-state index contributed by atoms with van der Waals surface area (Å²) in [5.74, 6) is 1.35. The molecule has 3 rings (SSSR count). The predicted molar refractivity (Wildman–Crippen MR) is 67.5 cm³/mol. The van der Waals surface area contributed by atoms with Gasteiger partial charge in [-0.15, -0.1) is 0 Å². The molecule has 3 atom stereocenters. The summed E-state index contributed by atoms with van der Waals surface area (Å²) in [5.41, 5.74) is 1.09. The molecule has 3 fully saturated rings. The SMILES string of the molecule is CCN1CCN([C@H]2/C(=N\O)[C@H]3CC[C@H]2C3)CC1. The molecule has 1 saturated heterocycles. The first kappa shape index (κ1) is 11.5. The van der Waals surface area contributed by atoms with Gasteiger partial charge in [-0.25, -0.2) is 0 Å². The molecule has 17 heavy (non-hydrogen) atoms. The van der Waals surface area contributed by atoms with E-state index in [4.69, 9.17) is 0 Å². The van der Waals surface area contributed by atoms with E-state index in [9.17, 15) is 5.21 Å². The monoisotopic (exact) mass is 237 g/mol. The highest BCUT2D eigenvalue weighted by atomic mass is 16.4. The summed E-state index contributed by atoms with van der Waals surface area (Å²) in [6.07, 6.45) is 3.84. The van der Waals surface area contributed by atoms with Gasteiger partial charge in [0.15, 0.2) is 0 Å². The normalized spacial score (nSPS) is 41.5. The fraction of sp³-hybridized carbons (Fsp3) is 0.923. The van der Waals surface area contributed by atoms with Gasteiger partial charge < -0.3 is 10.1 Å². The van der Waals surface area contributed by atoms with E-state index in [1.807, 2.05) is 0 Å². The Labute approximate surface area is 103 Å². The van der Waals surface area contributed by atoms with Crippen LogP contribution in [0, 0.1) is 11.8 Å². The quantitative estimate of drug-likeness (QED) is 0.580. The number of oxime groups is 1. The molecule has 4 nitrogen and oxygen atoms in total. The van der Waals surface area contributed by atoms with Crippen LogP contribution in [-0.2, 0) is 0 Å². The molecule has 1 heterocycles. The second-order valence-corrected chi connectivity index (χ2v) is 5.71. The second-order valence-electron chi connectivity index (χ2n) is 5.71. The van der Waals surface area contributed by atoms with Crippen LogP contribution >= 0.6 is 0 Å². The number of piperazine rings is 1. The highest BCUT2D eigenvalue weighted by molar-refractivity contribution is 5.94. The maximum atomic E-state index is 9.24. The summed E-state index contributed by atoms with van der Waals surface area (Å²) in [6.45, 7) is 8.01. The number of fused-ring (bicyclic) bond motifs is 2. The van der Waals surface area contributed by atoms with E-state index in [0.717, 1.165) is 31.3 Å². The third kappa shape index (κ3) is 1.87. The average molecular weight is 237 g/mol. The Morgan fingerprint density at radius 2 is 2.00 bits per heavy atom. The minimum Gasteiger partial charge on any atom is -0.411 e. The zero-order chi connectivity index (χ0) is 11.8. The van der Waals surface area contributed by atoms with Gasteiger partial charge in [0.25, 0.3) is 0 Å². The molecule has 0 aromatic heterocycles. The van der Waals surface area contributed by atoms with Crippen molar-refractivity contribution in [2.75, 3.05) is 32.7 Å². The topological polar surface area (TPSA) is 39.1 Å². The molecule has 3 aliphatic rings. The zero-order valence-corrected chi connectivity index (χ0v) is 10.7. The number of rotatable bonds is 2. The van der Waals surface area contributed by atoms with Gasteiger partial charge in [-0.2, -0.15) is 0 Å². The largest absolute Gasteiger partial charge is 0.411 e. The Morgan fingerprint density at radius 3 is 2.65 bits per heavy atom. The fourth-order valence-electron chi connectivity index (χ4n) is 4.04. The molecule has 0 radical (unpaired) electrons. The van der Waals surface area contributed by atoms with Crippen LogP contribution in [0.1, 0.15) is 26.2 Å². The zero-order valence-electron chi connectivity index (χ0n) is 10.7. The molecule has 2 aliphatic carbocycles. The van der Waals surface area contributed by atoms with Gasteiger partial charge in [0.1, 0.15) is 0 Å². The Hall–Kier alpha value is -0.610. The Morgan fingerprint density at radius 1 is 1.24 bits per heavy atom. The van der Waals surface area contributed by atoms with Crippen molar-refractivity contribution in [1.29, 1.82) is 0 Å². The molecule has 2 bridgehead atoms. The summed E-state index contributed by atoms with van der Waals surface area (Å²) in [6, 6.07) is 0.456. The molecule has 0 aromatic rings. The molecule has 0 aromatic carbocycles. The van der Waals surface area contributed by atoms with Gasteiger partial charge in [0.2, 0.25) is 0 Å². The van der Waals surface area contributed by atoms with Crippen LogP contribution in [0.5, 0.6) is 0 Å². The highest BCUT2D eigenvalue weighted by Gasteiger charge is 2.48. The van der Waals surface area contributed by atoms with Crippen molar-refractivity contribution < 1.29 is 5.21 Å². The van der Waals surface area contributed by atoms with Gasteiger partial charge in [0.05, 0.1) is 11.8 Å². The number of hydrogen-bond donors (Lipinski definition) is 1. The fourth-order valence-corrected chi connectivity index (χ4v) is 4.04. The van der Waals surface area contributed by atoms with Gasteiger partial charge in [-0.3, -0.25) is 4.90 Å². The third-order valence-corrected chi connectivity index (χ3v) is 5.00. The highest BCUT2D eigenvalue weighted by Crippen LogP contribution is 2.45. The van der Waals surface area contributed by atoms with E-state index in [-0.39, 0.29) is 0 Å². The minimum absolute atomic E-state index is 0.456. The molecule has 0 spiro atoms. The summed E-state index contributed by atoms with van der Waals surface area (Å²) < 4.78 is 0. The predicted octanol–water partition coefficient (Wildman–Crippen LogP) is 1.25. The van der Waals surface area contributed by atoms with Crippen molar-refractivity contribution in [1.82, 2.24) is 9.80 Å². The summed E-state index contributed by atoms with van der Waals surface area (Å²) in [5, 5.41) is 12.9. The first-order valence-electron chi connectivity index (χ1n) is 7.01. The van der Waals surface area contributed by atoms with E-state index in [2.05, 4.69) is 21.9 Å². The molecule has 96 valence electrons. The molecule has 1 aliphatic heterocycles. The maximum absolute atomic E-state index is 9.24. The number of likely N-dealkylation sites (N-methyl/N-ethyl adjacent to an activating group) is 1. The first-order valence-corrected chi connectivity index (χ1v) is 7.01. The molecule has 0 amide bonds. The summed E-state index contributed by atoms with van der Waals surface area (Å²) in [4.78, 5) is 5.06. The van der Waals surface area contributed by atoms with Crippen molar-refractivity contribution >= 4 is 5.71 Å². The van der Waals surface area contributed by atoms with Crippen molar-refractivity contribution in [2.45, 2.75) is 32.2 Å². The van der Waals surface area contributed by atoms with E-state index >= 15 is 0 Å². The van der Waals surface area contributed by atoms with Crippen LogP contribution in [0.3, 0.4) is 0 Å². The lowest BCUT2D eigenvalue weighted by atomic mass is 9.91. The lowest BCUT2D eigenvalue weighted by molar-refractivity contribution is 0.102. The maximum Gasteiger partial charge on any atom is 0.0775 e. The van der Waals surface area contributed by atoms with Crippen LogP contribution in [0.25, 0.3) is 0 Å². The van der Waals surface area contributed by atoms with Gasteiger partial charge in [0, 0.05) is 32.1 Å². The molecular formula is C13H23N3O. The number of hydrogen-bond acceptors (Lipinski definition) is 4. The van der Waals surface area contributed by atoms with Gasteiger partial charge >= 0.3 is 0 Å². The average Bonchev–Trinajstić information content (AvgIpc) is 2.98. The summed E-state index contributed by atoms with van der Waals surface area (Å²) >= 11 is 0. The minimum atomic E-state index is 0.456. The van der Waals surface area contributed by atoms with Crippen molar-refractivity contribution in [3.05, 3.63) is 0 Å². The lowest BCUT2D eigenvalue weighted by Gasteiger charge is -2.40. The molecule has 2 saturated carbocycles. The lowest BCUT2D eigenvalue weighted by Crippen LogP contribution is -2.54. The van der Waals surface area contributed by atoms with E-state index in [0.29, 0.717) is 12.0 Å². The van der Waals surface area contributed by atoms with E-state index < -0.39 is 0 Å².